The van der Waals surface area contributed by atoms with Crippen LogP contribution in [0.2, 0.25) is 0 Å². The largest absolute Gasteiger partial charge is 0.452 e. The summed E-state index contributed by atoms with van der Waals surface area (Å²) in [5.74, 6) is -0.877. The minimum atomic E-state index is -0.434. The van der Waals surface area contributed by atoms with Crippen molar-refractivity contribution in [3.8, 4) is 0 Å². The van der Waals surface area contributed by atoms with Crippen LogP contribution in [0.4, 0.5) is 0 Å². The van der Waals surface area contributed by atoms with E-state index in [2.05, 4.69) is 44.1 Å². The smallest absolute Gasteiger partial charge is 0.337 e. The number of rotatable bonds is 3. The second-order valence-electron chi connectivity index (χ2n) is 6.55. The highest BCUT2D eigenvalue weighted by molar-refractivity contribution is 9.13. The molecule has 0 saturated carbocycles. The van der Waals surface area contributed by atoms with Gasteiger partial charge in [-0.25, -0.2) is 4.79 Å². The van der Waals surface area contributed by atoms with Crippen molar-refractivity contribution in [2.24, 2.45) is 0 Å². The van der Waals surface area contributed by atoms with Crippen molar-refractivity contribution in [1.29, 1.82) is 0 Å². The molecular formula is C19H17Br2NO4. The molecule has 136 valence electrons. The number of cyclic esters (lactones) is 1. The zero-order chi connectivity index (χ0) is 18.4. The Morgan fingerprint density at radius 2 is 1.96 bits per heavy atom. The van der Waals surface area contributed by atoms with E-state index in [0.29, 0.717) is 17.8 Å². The van der Waals surface area contributed by atoms with Gasteiger partial charge in [0.15, 0.2) is 5.78 Å². The molecule has 0 spiro atoms. The number of ketones is 1. The van der Waals surface area contributed by atoms with Gasteiger partial charge in [-0.15, -0.1) is 0 Å². The molecule has 26 heavy (non-hydrogen) atoms. The quantitative estimate of drug-likeness (QED) is 0.665. The van der Waals surface area contributed by atoms with Gasteiger partial charge >= 0.3 is 5.97 Å². The Morgan fingerprint density at radius 3 is 2.69 bits per heavy atom. The summed E-state index contributed by atoms with van der Waals surface area (Å²) in [5.41, 5.74) is 3.55. The molecule has 3 heterocycles. The van der Waals surface area contributed by atoms with E-state index in [4.69, 9.17) is 9.47 Å². The van der Waals surface area contributed by atoms with E-state index in [1.54, 1.807) is 0 Å². The summed E-state index contributed by atoms with van der Waals surface area (Å²) in [7, 11) is 0. The van der Waals surface area contributed by atoms with E-state index in [1.807, 2.05) is 18.2 Å². The molecule has 2 atom stereocenters. The molecule has 0 amide bonds. The Labute approximate surface area is 168 Å². The van der Waals surface area contributed by atoms with Crippen LogP contribution >= 0.6 is 31.9 Å². The summed E-state index contributed by atoms with van der Waals surface area (Å²) >= 11 is 6.99. The van der Waals surface area contributed by atoms with Crippen LogP contribution in [0.1, 0.15) is 31.2 Å². The lowest BCUT2D eigenvalue weighted by atomic mass is 9.78. The van der Waals surface area contributed by atoms with Gasteiger partial charge in [0.2, 0.25) is 0 Å². The van der Waals surface area contributed by atoms with Gasteiger partial charge < -0.3 is 14.8 Å². The summed E-state index contributed by atoms with van der Waals surface area (Å²) in [6.45, 7) is 2.42. The maximum atomic E-state index is 12.7. The van der Waals surface area contributed by atoms with E-state index >= 15 is 0 Å². The standard InChI is InChI=1S/C19H17Br2NO4/c1-2-3-14-18-17(19(24)26-14)15(9-4-5-10(20)11(21)6-9)16-12(22-18)7-25-8-13(16)23/h4-6,14-15,22H,2-3,7-8H2,1H3/t14-,15-/m1/s1. The molecule has 0 unspecified atom stereocenters. The SMILES string of the molecule is CCC[C@H]1OC(=O)C2=C1NC1=C(C(=O)COC1)[C@H]2c1ccc(Br)c(Br)c1. The molecule has 3 aliphatic rings. The van der Waals surface area contributed by atoms with Crippen molar-refractivity contribution < 1.29 is 19.1 Å². The summed E-state index contributed by atoms with van der Waals surface area (Å²) in [6.07, 6.45) is 1.34. The van der Waals surface area contributed by atoms with Crippen molar-refractivity contribution >= 4 is 43.6 Å². The van der Waals surface area contributed by atoms with Crippen LogP contribution < -0.4 is 5.32 Å². The van der Waals surface area contributed by atoms with Crippen molar-refractivity contribution in [2.45, 2.75) is 31.8 Å². The average molecular weight is 483 g/mol. The topological polar surface area (TPSA) is 64.6 Å². The molecule has 0 aromatic heterocycles. The molecule has 4 rings (SSSR count). The lowest BCUT2D eigenvalue weighted by Gasteiger charge is -2.32. The predicted molar refractivity (Wildman–Crippen MR) is 102 cm³/mol. The third kappa shape index (κ3) is 2.86. The normalized spacial score (nSPS) is 25.0. The third-order valence-electron chi connectivity index (χ3n) is 4.88. The monoisotopic (exact) mass is 481 g/mol. The number of esters is 1. The van der Waals surface area contributed by atoms with E-state index in [1.165, 1.54) is 0 Å². The maximum Gasteiger partial charge on any atom is 0.337 e. The number of hydrogen-bond acceptors (Lipinski definition) is 5. The van der Waals surface area contributed by atoms with Crippen LogP contribution in [-0.2, 0) is 19.1 Å². The fourth-order valence-corrected chi connectivity index (χ4v) is 4.41. The van der Waals surface area contributed by atoms with Crippen LogP contribution in [0, 0.1) is 0 Å². The summed E-state index contributed by atoms with van der Waals surface area (Å²) in [4.78, 5) is 25.4. The Hall–Kier alpha value is -1.44. The highest BCUT2D eigenvalue weighted by atomic mass is 79.9. The Bertz CT molecular complexity index is 874. The molecule has 1 N–H and O–H groups in total. The fraction of sp³-hybridized carbons (Fsp3) is 0.368. The van der Waals surface area contributed by atoms with E-state index in [-0.39, 0.29) is 24.5 Å². The number of dihydropyridines is 1. The van der Waals surface area contributed by atoms with Crippen molar-refractivity contribution in [1.82, 2.24) is 5.32 Å². The molecule has 0 saturated heterocycles. The second kappa shape index (κ2) is 6.94. The molecule has 7 heteroatoms. The molecule has 1 aromatic carbocycles. The molecule has 0 bridgehead atoms. The van der Waals surface area contributed by atoms with Crippen LogP contribution in [0.5, 0.6) is 0 Å². The Morgan fingerprint density at radius 1 is 1.15 bits per heavy atom. The van der Waals surface area contributed by atoms with Crippen LogP contribution in [-0.4, -0.2) is 31.1 Å². The van der Waals surface area contributed by atoms with Gasteiger partial charge in [-0.2, -0.15) is 0 Å². The molecule has 5 nitrogen and oxygen atoms in total. The Balaban J connectivity index is 1.89. The summed E-state index contributed by atoms with van der Waals surface area (Å²) < 4.78 is 12.8. The van der Waals surface area contributed by atoms with E-state index in [9.17, 15) is 9.59 Å². The highest BCUT2D eigenvalue weighted by Crippen LogP contribution is 2.45. The molecule has 0 aliphatic carbocycles. The van der Waals surface area contributed by atoms with Crippen molar-refractivity contribution in [3.63, 3.8) is 0 Å². The zero-order valence-corrected chi connectivity index (χ0v) is 17.3. The van der Waals surface area contributed by atoms with Crippen LogP contribution in [0.3, 0.4) is 0 Å². The first-order chi connectivity index (χ1) is 12.5. The molecule has 1 aromatic rings. The molecular weight excluding hydrogens is 466 g/mol. The highest BCUT2D eigenvalue weighted by Gasteiger charge is 2.46. The minimum Gasteiger partial charge on any atom is -0.452 e. The number of nitrogens with one attached hydrogen (secondary N) is 1. The summed E-state index contributed by atoms with van der Waals surface area (Å²) in [6, 6.07) is 5.79. The fourth-order valence-electron chi connectivity index (χ4n) is 3.76. The number of carbonyl (C=O) groups is 2. The van der Waals surface area contributed by atoms with Crippen LogP contribution in [0.15, 0.2) is 49.7 Å². The summed E-state index contributed by atoms with van der Waals surface area (Å²) in [5, 5.41) is 3.29. The zero-order valence-electron chi connectivity index (χ0n) is 14.1. The average Bonchev–Trinajstić information content (AvgIpc) is 2.92. The van der Waals surface area contributed by atoms with Crippen LogP contribution in [0.25, 0.3) is 0 Å². The van der Waals surface area contributed by atoms with Gasteiger partial charge in [0, 0.05) is 26.1 Å². The molecule has 0 radical (unpaired) electrons. The van der Waals surface area contributed by atoms with Gasteiger partial charge in [0.25, 0.3) is 0 Å². The van der Waals surface area contributed by atoms with Crippen molar-refractivity contribution in [2.75, 3.05) is 13.2 Å². The minimum absolute atomic E-state index is 0.0325. The maximum absolute atomic E-state index is 12.7. The lowest BCUT2D eigenvalue weighted by Crippen LogP contribution is -2.38. The molecule has 0 fully saturated rings. The van der Waals surface area contributed by atoms with Crippen molar-refractivity contribution in [3.05, 3.63) is 55.2 Å². The van der Waals surface area contributed by atoms with Gasteiger partial charge in [-0.1, -0.05) is 19.4 Å². The van der Waals surface area contributed by atoms with Gasteiger partial charge in [0.05, 0.1) is 17.9 Å². The lowest BCUT2D eigenvalue weighted by molar-refractivity contribution is -0.140. The first-order valence-corrected chi connectivity index (χ1v) is 10.1. The van der Waals surface area contributed by atoms with Gasteiger partial charge in [0.1, 0.15) is 12.7 Å². The third-order valence-corrected chi connectivity index (χ3v) is 6.76. The number of ether oxygens (including phenoxy) is 2. The van der Waals surface area contributed by atoms with E-state index in [0.717, 1.165) is 38.7 Å². The Kier molecular flexibility index (Phi) is 4.79. The van der Waals surface area contributed by atoms with Gasteiger partial charge in [-0.05, 0) is 56.0 Å². The second-order valence-corrected chi connectivity index (χ2v) is 8.26. The predicted octanol–water partition coefficient (Wildman–Crippen LogP) is 3.73. The number of hydrogen-bond donors (Lipinski definition) is 1. The number of Topliss-reactive ketones (excluding diaryl/α,β-unsaturated/α-hetero) is 1. The number of halogens is 2. The first-order valence-electron chi connectivity index (χ1n) is 8.52. The first kappa shape index (κ1) is 17.9. The van der Waals surface area contributed by atoms with E-state index < -0.39 is 5.92 Å². The number of carbonyl (C=O) groups excluding carboxylic acids is 2. The van der Waals surface area contributed by atoms with Gasteiger partial charge in [-0.3, -0.25) is 4.79 Å². The number of benzene rings is 1. The molecule has 3 aliphatic heterocycles.